The van der Waals surface area contributed by atoms with Gasteiger partial charge in [0.2, 0.25) is 0 Å². The van der Waals surface area contributed by atoms with E-state index in [0.29, 0.717) is 6.54 Å². The first-order chi connectivity index (χ1) is 12.1. The van der Waals surface area contributed by atoms with Crippen LogP contribution in [0.2, 0.25) is 0 Å². The molecule has 0 atom stereocenters. The van der Waals surface area contributed by atoms with E-state index >= 15 is 0 Å². The lowest BCUT2D eigenvalue weighted by atomic mass is 10.3. The Bertz CT molecular complexity index is 747. The first-order valence-electron chi connectivity index (χ1n) is 8.63. The van der Waals surface area contributed by atoms with Crippen LogP contribution in [0.4, 0.5) is 0 Å². The molecule has 2 aromatic rings. The molecule has 0 aliphatic heterocycles. The molecule has 2 aromatic heterocycles. The molecule has 25 heavy (non-hydrogen) atoms. The van der Waals surface area contributed by atoms with Gasteiger partial charge < -0.3 is 15.2 Å². The molecule has 0 fully saturated rings. The molecule has 8 heteroatoms. The summed E-state index contributed by atoms with van der Waals surface area (Å²) in [5.74, 6) is 1.58. The predicted molar refractivity (Wildman–Crippen MR) is 98.5 cm³/mol. The van der Waals surface area contributed by atoms with Gasteiger partial charge in [0, 0.05) is 38.4 Å². The molecule has 0 aromatic carbocycles. The van der Waals surface area contributed by atoms with E-state index in [-0.39, 0.29) is 5.56 Å². The zero-order valence-corrected chi connectivity index (χ0v) is 15.2. The lowest BCUT2D eigenvalue weighted by molar-refractivity contribution is 0.574. The van der Waals surface area contributed by atoms with Crippen LogP contribution in [0.5, 0.6) is 0 Å². The second kappa shape index (κ2) is 9.61. The molecule has 8 nitrogen and oxygen atoms in total. The summed E-state index contributed by atoms with van der Waals surface area (Å²) in [5.41, 5.74) is 1.06. The molecule has 0 aliphatic carbocycles. The highest BCUT2D eigenvalue weighted by atomic mass is 16.1. The topological polar surface area (TPSA) is 89.1 Å². The van der Waals surface area contributed by atoms with Crippen LogP contribution in [0.3, 0.4) is 0 Å². The SMILES string of the molecule is CCNC(=NCc1ncnn1C)NCCCCn1c(C)cccc1=O. The smallest absolute Gasteiger partial charge is 0.250 e. The number of aliphatic imine (C=N–C) groups is 1. The largest absolute Gasteiger partial charge is 0.357 e. The van der Waals surface area contributed by atoms with Crippen LogP contribution in [0, 0.1) is 6.92 Å². The van der Waals surface area contributed by atoms with Crippen molar-refractivity contribution in [2.75, 3.05) is 13.1 Å². The average Bonchev–Trinajstić information content (AvgIpc) is 2.99. The van der Waals surface area contributed by atoms with E-state index in [0.717, 1.165) is 50.0 Å². The summed E-state index contributed by atoms with van der Waals surface area (Å²) in [7, 11) is 1.85. The maximum absolute atomic E-state index is 11.8. The number of nitrogens with zero attached hydrogens (tertiary/aromatic N) is 5. The molecule has 0 saturated carbocycles. The molecule has 2 rings (SSSR count). The van der Waals surface area contributed by atoms with Gasteiger partial charge in [-0.3, -0.25) is 9.48 Å². The second-order valence-electron chi connectivity index (χ2n) is 5.79. The average molecular weight is 345 g/mol. The first-order valence-corrected chi connectivity index (χ1v) is 8.63. The Morgan fingerprint density at radius 1 is 1.28 bits per heavy atom. The minimum absolute atomic E-state index is 0.0616. The molecule has 136 valence electrons. The van der Waals surface area contributed by atoms with Gasteiger partial charge in [-0.1, -0.05) is 6.07 Å². The Kier molecular flexibility index (Phi) is 7.18. The quantitative estimate of drug-likeness (QED) is 0.420. The van der Waals surface area contributed by atoms with E-state index in [2.05, 4.69) is 25.7 Å². The molecule has 0 amide bonds. The second-order valence-corrected chi connectivity index (χ2v) is 5.79. The molecule has 0 bridgehead atoms. The fourth-order valence-corrected chi connectivity index (χ4v) is 2.47. The molecule has 2 N–H and O–H groups in total. The molecule has 0 aliphatic rings. The number of aromatic nitrogens is 4. The maximum Gasteiger partial charge on any atom is 0.250 e. The molecule has 0 spiro atoms. The maximum atomic E-state index is 11.8. The number of aryl methyl sites for hydroxylation is 2. The van der Waals surface area contributed by atoms with Crippen molar-refractivity contribution in [2.24, 2.45) is 12.0 Å². The Balaban J connectivity index is 1.77. The van der Waals surface area contributed by atoms with Crippen molar-refractivity contribution < 1.29 is 0 Å². The molecule has 0 unspecified atom stereocenters. The highest BCUT2D eigenvalue weighted by molar-refractivity contribution is 5.79. The van der Waals surface area contributed by atoms with Crippen molar-refractivity contribution in [1.29, 1.82) is 0 Å². The molecule has 0 radical (unpaired) electrons. The molecular formula is C17H27N7O. The van der Waals surface area contributed by atoms with Crippen molar-refractivity contribution in [3.63, 3.8) is 0 Å². The van der Waals surface area contributed by atoms with Crippen molar-refractivity contribution in [1.82, 2.24) is 30.0 Å². The van der Waals surface area contributed by atoms with E-state index in [1.807, 2.05) is 31.5 Å². The van der Waals surface area contributed by atoms with Gasteiger partial charge in [0.05, 0.1) is 0 Å². The van der Waals surface area contributed by atoms with Crippen molar-refractivity contribution in [2.45, 2.75) is 39.8 Å². The lowest BCUT2D eigenvalue weighted by Crippen LogP contribution is -2.38. The van der Waals surface area contributed by atoms with Crippen LogP contribution >= 0.6 is 0 Å². The fourth-order valence-electron chi connectivity index (χ4n) is 2.47. The van der Waals surface area contributed by atoms with Crippen molar-refractivity contribution in [3.8, 4) is 0 Å². The highest BCUT2D eigenvalue weighted by Gasteiger charge is 2.02. The summed E-state index contributed by atoms with van der Waals surface area (Å²) >= 11 is 0. The van der Waals surface area contributed by atoms with Gasteiger partial charge in [0.1, 0.15) is 18.7 Å². The van der Waals surface area contributed by atoms with Gasteiger partial charge >= 0.3 is 0 Å². The Morgan fingerprint density at radius 2 is 2.12 bits per heavy atom. The van der Waals surface area contributed by atoms with Gasteiger partial charge in [-0.25, -0.2) is 9.98 Å². The van der Waals surface area contributed by atoms with Gasteiger partial charge in [-0.05, 0) is 32.8 Å². The molecule has 0 saturated heterocycles. The predicted octanol–water partition coefficient (Wildman–Crippen LogP) is 0.821. The lowest BCUT2D eigenvalue weighted by Gasteiger charge is -2.12. The van der Waals surface area contributed by atoms with Gasteiger partial charge in [0.15, 0.2) is 5.96 Å². The van der Waals surface area contributed by atoms with Gasteiger partial charge in [0.25, 0.3) is 5.56 Å². The normalized spacial score (nSPS) is 11.6. The zero-order valence-electron chi connectivity index (χ0n) is 15.2. The standard InChI is InChI=1S/C17H27N7O/c1-4-18-17(20-12-15-21-13-22-23(15)3)19-10-5-6-11-24-14(2)8-7-9-16(24)25/h7-9,13H,4-6,10-12H2,1-3H3,(H2,18,19,20). The highest BCUT2D eigenvalue weighted by Crippen LogP contribution is 1.98. The number of hydrogen-bond acceptors (Lipinski definition) is 4. The summed E-state index contributed by atoms with van der Waals surface area (Å²) in [6.07, 6.45) is 3.41. The number of pyridine rings is 1. The number of unbranched alkanes of at least 4 members (excludes halogenated alkanes) is 1. The third kappa shape index (κ3) is 5.74. The number of rotatable bonds is 8. The summed E-state index contributed by atoms with van der Waals surface area (Å²) in [6.45, 7) is 6.80. The third-order valence-corrected chi connectivity index (χ3v) is 3.90. The summed E-state index contributed by atoms with van der Waals surface area (Å²) in [6, 6.07) is 5.36. The van der Waals surface area contributed by atoms with Crippen LogP contribution in [0.1, 0.15) is 31.3 Å². The number of guanidine groups is 1. The molecular weight excluding hydrogens is 318 g/mol. The van der Waals surface area contributed by atoms with E-state index in [9.17, 15) is 4.79 Å². The van der Waals surface area contributed by atoms with Crippen molar-refractivity contribution >= 4 is 5.96 Å². The van der Waals surface area contributed by atoms with E-state index in [1.54, 1.807) is 16.8 Å². The minimum Gasteiger partial charge on any atom is -0.357 e. The Labute approximate surface area is 148 Å². The van der Waals surface area contributed by atoms with Crippen LogP contribution < -0.4 is 16.2 Å². The molecule has 2 heterocycles. The van der Waals surface area contributed by atoms with E-state index in [4.69, 9.17) is 0 Å². The van der Waals surface area contributed by atoms with Crippen LogP contribution in [0.15, 0.2) is 34.3 Å². The monoisotopic (exact) mass is 345 g/mol. The Hall–Kier alpha value is -2.64. The third-order valence-electron chi connectivity index (χ3n) is 3.90. The zero-order chi connectivity index (χ0) is 18.1. The van der Waals surface area contributed by atoms with Crippen LogP contribution in [0.25, 0.3) is 0 Å². The summed E-state index contributed by atoms with van der Waals surface area (Å²) in [5, 5.41) is 10.6. The number of nitrogens with one attached hydrogen (secondary N) is 2. The van der Waals surface area contributed by atoms with Crippen LogP contribution in [-0.2, 0) is 20.1 Å². The summed E-state index contributed by atoms with van der Waals surface area (Å²) < 4.78 is 3.53. The van der Waals surface area contributed by atoms with Gasteiger partial charge in [-0.2, -0.15) is 5.10 Å². The van der Waals surface area contributed by atoms with E-state index < -0.39 is 0 Å². The minimum atomic E-state index is 0.0616. The number of hydrogen-bond donors (Lipinski definition) is 2. The summed E-state index contributed by atoms with van der Waals surface area (Å²) in [4.78, 5) is 20.5. The van der Waals surface area contributed by atoms with Crippen LogP contribution in [-0.4, -0.2) is 38.4 Å². The van der Waals surface area contributed by atoms with Gasteiger partial charge in [-0.15, -0.1) is 0 Å². The first kappa shape index (κ1) is 18.7. The van der Waals surface area contributed by atoms with E-state index in [1.165, 1.54) is 6.33 Å². The van der Waals surface area contributed by atoms with Crippen molar-refractivity contribution in [3.05, 3.63) is 46.4 Å². The fraction of sp³-hybridized carbons (Fsp3) is 0.529. The Morgan fingerprint density at radius 3 is 2.80 bits per heavy atom.